The molecule has 0 radical (unpaired) electrons. The zero-order chi connectivity index (χ0) is 12.4. The van der Waals surface area contributed by atoms with E-state index in [9.17, 15) is 4.79 Å². The second kappa shape index (κ2) is 4.40. The molecule has 0 aromatic carbocycles. The summed E-state index contributed by atoms with van der Waals surface area (Å²) in [6, 6.07) is 3.43. The molecule has 2 aromatic heterocycles. The lowest BCUT2D eigenvalue weighted by Gasteiger charge is -2.06. The number of rotatable bonds is 4. The summed E-state index contributed by atoms with van der Waals surface area (Å²) in [6.45, 7) is 5.09. The average Bonchev–Trinajstić information content (AvgIpc) is 2.85. The molecule has 0 aliphatic rings. The fourth-order valence-corrected chi connectivity index (χ4v) is 1.79. The van der Waals surface area contributed by atoms with Crippen LogP contribution in [0.5, 0.6) is 0 Å². The summed E-state index contributed by atoms with van der Waals surface area (Å²) < 4.78 is 3.31. The van der Waals surface area contributed by atoms with Crippen molar-refractivity contribution in [1.29, 1.82) is 0 Å². The van der Waals surface area contributed by atoms with Gasteiger partial charge >= 0.3 is 5.97 Å². The molecule has 0 atom stereocenters. The SMILES string of the molecule is CCn1nc(C)cc1Cn1nccc1C(=O)O. The minimum Gasteiger partial charge on any atom is -0.477 e. The second-order valence-corrected chi connectivity index (χ2v) is 3.77. The van der Waals surface area contributed by atoms with Gasteiger partial charge in [0.15, 0.2) is 0 Å². The summed E-state index contributed by atoms with van der Waals surface area (Å²) in [5.41, 5.74) is 2.06. The van der Waals surface area contributed by atoms with E-state index in [2.05, 4.69) is 10.2 Å². The van der Waals surface area contributed by atoms with Gasteiger partial charge in [-0.15, -0.1) is 0 Å². The van der Waals surface area contributed by atoms with Gasteiger partial charge in [-0.2, -0.15) is 10.2 Å². The highest BCUT2D eigenvalue weighted by Crippen LogP contribution is 2.08. The molecule has 2 heterocycles. The lowest BCUT2D eigenvalue weighted by atomic mass is 10.3. The molecule has 17 heavy (non-hydrogen) atoms. The Balaban J connectivity index is 2.31. The molecule has 0 saturated heterocycles. The highest BCUT2D eigenvalue weighted by atomic mass is 16.4. The molecule has 6 nitrogen and oxygen atoms in total. The normalized spacial score (nSPS) is 10.7. The first-order chi connectivity index (χ1) is 8.11. The van der Waals surface area contributed by atoms with Crippen LogP contribution in [-0.2, 0) is 13.1 Å². The molecule has 1 N–H and O–H groups in total. The van der Waals surface area contributed by atoms with E-state index in [0.29, 0.717) is 6.54 Å². The maximum atomic E-state index is 10.9. The van der Waals surface area contributed by atoms with Gasteiger partial charge in [0.05, 0.1) is 17.9 Å². The Morgan fingerprint density at radius 1 is 1.47 bits per heavy atom. The Hall–Kier alpha value is -2.11. The van der Waals surface area contributed by atoms with Crippen LogP contribution in [0.2, 0.25) is 0 Å². The highest BCUT2D eigenvalue weighted by Gasteiger charge is 2.12. The van der Waals surface area contributed by atoms with Crippen LogP contribution in [0, 0.1) is 6.92 Å². The molecular weight excluding hydrogens is 220 g/mol. The van der Waals surface area contributed by atoms with Crippen LogP contribution in [0.25, 0.3) is 0 Å². The Morgan fingerprint density at radius 2 is 2.24 bits per heavy atom. The minimum absolute atomic E-state index is 0.187. The first kappa shape index (κ1) is 11.4. The van der Waals surface area contributed by atoms with Crippen LogP contribution in [-0.4, -0.2) is 30.6 Å². The smallest absolute Gasteiger partial charge is 0.354 e. The van der Waals surface area contributed by atoms with Crippen molar-refractivity contribution >= 4 is 5.97 Å². The number of carboxylic acid groups (broad SMARTS) is 1. The van der Waals surface area contributed by atoms with Crippen LogP contribution < -0.4 is 0 Å². The minimum atomic E-state index is -0.971. The zero-order valence-electron chi connectivity index (χ0n) is 9.79. The summed E-state index contributed by atoms with van der Waals surface area (Å²) in [6.07, 6.45) is 1.49. The molecule has 90 valence electrons. The third-order valence-corrected chi connectivity index (χ3v) is 2.53. The quantitative estimate of drug-likeness (QED) is 0.861. The van der Waals surface area contributed by atoms with Crippen molar-refractivity contribution in [1.82, 2.24) is 19.6 Å². The number of carbonyl (C=O) groups is 1. The van der Waals surface area contributed by atoms with Crippen LogP contribution in [0.3, 0.4) is 0 Å². The topological polar surface area (TPSA) is 72.9 Å². The van der Waals surface area contributed by atoms with Crippen LogP contribution in [0.15, 0.2) is 18.3 Å². The number of nitrogens with zero attached hydrogens (tertiary/aromatic N) is 4. The molecule has 0 amide bonds. The van der Waals surface area contributed by atoms with Crippen molar-refractivity contribution in [2.75, 3.05) is 0 Å². The van der Waals surface area contributed by atoms with Gasteiger partial charge in [-0.1, -0.05) is 0 Å². The molecule has 0 aliphatic heterocycles. The van der Waals surface area contributed by atoms with Gasteiger partial charge in [0, 0.05) is 12.7 Å². The largest absolute Gasteiger partial charge is 0.477 e. The number of aryl methyl sites for hydroxylation is 2. The average molecular weight is 234 g/mol. The number of carboxylic acids is 1. The van der Waals surface area contributed by atoms with Gasteiger partial charge in [-0.25, -0.2) is 4.79 Å². The van der Waals surface area contributed by atoms with Crippen molar-refractivity contribution in [3.8, 4) is 0 Å². The fraction of sp³-hybridized carbons (Fsp3) is 0.364. The number of hydrogen-bond donors (Lipinski definition) is 1. The van der Waals surface area contributed by atoms with Gasteiger partial charge in [0.1, 0.15) is 5.69 Å². The number of aromatic nitrogens is 4. The van der Waals surface area contributed by atoms with Crippen molar-refractivity contribution in [3.05, 3.63) is 35.4 Å². The number of aromatic carboxylic acids is 1. The molecule has 6 heteroatoms. The lowest BCUT2D eigenvalue weighted by Crippen LogP contribution is -2.14. The molecule has 0 saturated carbocycles. The van der Waals surface area contributed by atoms with Crippen molar-refractivity contribution in [2.24, 2.45) is 0 Å². The van der Waals surface area contributed by atoms with Crippen molar-refractivity contribution in [3.63, 3.8) is 0 Å². The third kappa shape index (κ3) is 2.20. The summed E-state index contributed by atoms with van der Waals surface area (Å²) >= 11 is 0. The Bertz CT molecular complexity index is 541. The van der Waals surface area contributed by atoms with E-state index in [1.54, 1.807) is 0 Å². The van der Waals surface area contributed by atoms with Crippen LogP contribution >= 0.6 is 0 Å². The molecule has 0 unspecified atom stereocenters. The van der Waals surface area contributed by atoms with Gasteiger partial charge in [-0.05, 0) is 26.0 Å². The summed E-state index contributed by atoms with van der Waals surface area (Å²) in [4.78, 5) is 10.9. The van der Waals surface area contributed by atoms with Gasteiger partial charge in [0.25, 0.3) is 0 Å². The molecule has 0 spiro atoms. The van der Waals surface area contributed by atoms with E-state index in [1.807, 2.05) is 24.6 Å². The highest BCUT2D eigenvalue weighted by molar-refractivity contribution is 5.85. The predicted octanol–water partition coefficient (Wildman–Crippen LogP) is 1.15. The molecule has 0 fully saturated rings. The van der Waals surface area contributed by atoms with E-state index in [1.165, 1.54) is 16.9 Å². The first-order valence-corrected chi connectivity index (χ1v) is 5.40. The molecule has 0 bridgehead atoms. The Labute approximate surface area is 98.5 Å². The summed E-state index contributed by atoms with van der Waals surface area (Å²) in [7, 11) is 0. The van der Waals surface area contributed by atoms with Crippen LogP contribution in [0.4, 0.5) is 0 Å². The maximum absolute atomic E-state index is 10.9. The van der Waals surface area contributed by atoms with E-state index in [0.717, 1.165) is 17.9 Å². The Morgan fingerprint density at radius 3 is 2.88 bits per heavy atom. The van der Waals surface area contributed by atoms with Gasteiger partial charge in [-0.3, -0.25) is 9.36 Å². The lowest BCUT2D eigenvalue weighted by molar-refractivity contribution is 0.0684. The first-order valence-electron chi connectivity index (χ1n) is 5.40. The van der Waals surface area contributed by atoms with E-state index >= 15 is 0 Å². The molecule has 0 aliphatic carbocycles. The maximum Gasteiger partial charge on any atom is 0.354 e. The van der Waals surface area contributed by atoms with E-state index in [-0.39, 0.29) is 5.69 Å². The molecule has 2 aromatic rings. The van der Waals surface area contributed by atoms with Crippen molar-refractivity contribution < 1.29 is 9.90 Å². The summed E-state index contributed by atoms with van der Waals surface area (Å²) in [5, 5.41) is 17.3. The van der Waals surface area contributed by atoms with Crippen LogP contribution in [0.1, 0.15) is 28.8 Å². The second-order valence-electron chi connectivity index (χ2n) is 3.77. The standard InChI is InChI=1S/C11H14N4O2/c1-3-14-9(6-8(2)13-14)7-15-10(11(16)17)4-5-12-15/h4-6H,3,7H2,1-2H3,(H,16,17). The van der Waals surface area contributed by atoms with Gasteiger partial charge in [0.2, 0.25) is 0 Å². The van der Waals surface area contributed by atoms with Crippen molar-refractivity contribution in [2.45, 2.75) is 26.9 Å². The molecular formula is C11H14N4O2. The number of hydrogen-bond acceptors (Lipinski definition) is 3. The Kier molecular flexibility index (Phi) is 2.95. The monoisotopic (exact) mass is 234 g/mol. The third-order valence-electron chi connectivity index (χ3n) is 2.53. The predicted molar refractivity (Wildman–Crippen MR) is 60.9 cm³/mol. The summed E-state index contributed by atoms with van der Waals surface area (Å²) in [5.74, 6) is -0.971. The van der Waals surface area contributed by atoms with E-state index < -0.39 is 5.97 Å². The zero-order valence-corrected chi connectivity index (χ0v) is 9.79. The van der Waals surface area contributed by atoms with E-state index in [4.69, 9.17) is 5.11 Å². The van der Waals surface area contributed by atoms with Gasteiger partial charge < -0.3 is 5.11 Å². The fourth-order valence-electron chi connectivity index (χ4n) is 1.79. The molecule has 2 rings (SSSR count).